The lowest BCUT2D eigenvalue weighted by Gasteiger charge is -2.16. The number of rotatable bonds is 11. The summed E-state index contributed by atoms with van der Waals surface area (Å²) in [5, 5.41) is 2.16. The second-order valence-corrected chi connectivity index (χ2v) is 10.6. The van der Waals surface area contributed by atoms with E-state index in [-0.39, 0.29) is 4.91 Å². The number of nitrogens with zero attached hydrogens (tertiary/aromatic N) is 1. The number of hydrogen-bond acceptors (Lipinski definition) is 7. The summed E-state index contributed by atoms with van der Waals surface area (Å²) in [7, 11) is 3.09. The summed E-state index contributed by atoms with van der Waals surface area (Å²) in [4.78, 5) is 39.3. The molecule has 3 amide bonds. The summed E-state index contributed by atoms with van der Waals surface area (Å²) >= 11 is 4.21. The van der Waals surface area contributed by atoms with Crippen LogP contribution < -0.4 is 19.5 Å². The number of anilines is 1. The first-order chi connectivity index (χ1) is 19.3. The first-order valence-electron chi connectivity index (χ1n) is 12.2. The van der Waals surface area contributed by atoms with E-state index >= 15 is 0 Å². The van der Waals surface area contributed by atoms with Gasteiger partial charge in [-0.2, -0.15) is 0 Å². The molecule has 10 heteroatoms. The Kier molecular flexibility index (Phi) is 9.68. The highest BCUT2D eigenvalue weighted by atomic mass is 79.9. The van der Waals surface area contributed by atoms with Crippen LogP contribution in [-0.2, 0) is 22.6 Å². The van der Waals surface area contributed by atoms with Crippen molar-refractivity contribution in [3.8, 4) is 17.2 Å². The molecule has 1 aliphatic rings. The molecule has 1 N–H and O–H groups in total. The number of benzene rings is 3. The number of nitrogens with one attached hydrogen (secondary N) is 1. The Hall–Kier alpha value is -4.02. The molecule has 1 aliphatic heterocycles. The Bertz CT molecular complexity index is 1450. The Morgan fingerprint density at radius 2 is 1.77 bits per heavy atom. The number of amides is 3. The van der Waals surface area contributed by atoms with Gasteiger partial charge in [0, 0.05) is 15.7 Å². The number of thioether (sulfide) groups is 1. The Morgan fingerprint density at radius 3 is 2.42 bits per heavy atom. The minimum Gasteiger partial charge on any atom is -0.497 e. The van der Waals surface area contributed by atoms with Crippen molar-refractivity contribution >= 4 is 56.5 Å². The average Bonchev–Trinajstić information content (AvgIpc) is 3.20. The number of methoxy groups -OCH3 is 2. The van der Waals surface area contributed by atoms with Gasteiger partial charge < -0.3 is 19.5 Å². The van der Waals surface area contributed by atoms with Crippen LogP contribution in [0.1, 0.15) is 16.7 Å². The van der Waals surface area contributed by atoms with Crippen molar-refractivity contribution in [1.82, 2.24) is 4.90 Å². The van der Waals surface area contributed by atoms with Gasteiger partial charge in [-0.25, -0.2) is 0 Å². The summed E-state index contributed by atoms with van der Waals surface area (Å²) < 4.78 is 17.8. The molecule has 3 aromatic rings. The van der Waals surface area contributed by atoms with Gasteiger partial charge >= 0.3 is 0 Å². The van der Waals surface area contributed by atoms with Gasteiger partial charge in [-0.1, -0.05) is 34.1 Å². The monoisotopic (exact) mass is 622 g/mol. The smallest absolute Gasteiger partial charge is 0.294 e. The molecule has 1 heterocycles. The van der Waals surface area contributed by atoms with E-state index in [4.69, 9.17) is 14.2 Å². The first-order valence-corrected chi connectivity index (χ1v) is 13.8. The number of carbonyl (C=O) groups excluding carboxylic acids is 3. The van der Waals surface area contributed by atoms with Gasteiger partial charge in [-0.3, -0.25) is 19.3 Å². The summed E-state index contributed by atoms with van der Waals surface area (Å²) in [6, 6.07) is 18.2. The fourth-order valence-corrected chi connectivity index (χ4v) is 5.03. The highest BCUT2D eigenvalue weighted by Gasteiger charge is 2.36. The number of allylic oxidation sites excluding steroid dienone is 1. The second kappa shape index (κ2) is 13.4. The third-order valence-corrected chi connectivity index (χ3v) is 7.32. The summed E-state index contributed by atoms with van der Waals surface area (Å²) in [6.45, 7) is 3.78. The molecule has 4 rings (SSSR count). The van der Waals surface area contributed by atoms with E-state index in [0.717, 1.165) is 32.3 Å². The highest BCUT2D eigenvalue weighted by molar-refractivity contribution is 9.10. The number of halogens is 1. The minimum absolute atomic E-state index is 0.206. The van der Waals surface area contributed by atoms with Gasteiger partial charge in [0.25, 0.3) is 11.1 Å². The van der Waals surface area contributed by atoms with Gasteiger partial charge in [-0.05, 0) is 83.9 Å². The zero-order valence-corrected chi connectivity index (χ0v) is 24.3. The fourth-order valence-electron chi connectivity index (χ4n) is 3.93. The summed E-state index contributed by atoms with van der Waals surface area (Å²) in [5.74, 6) is 0.674. The minimum atomic E-state index is -0.542. The SMILES string of the molecule is C=CCc1cc(/C=C2\SC(=O)N(CC(=O)Nc3ccc(OC)cc3)C2=O)cc(OC)c1OCc1ccc(Br)cc1. The molecular weight excluding hydrogens is 596 g/mol. The lowest BCUT2D eigenvalue weighted by Crippen LogP contribution is -2.36. The molecule has 0 unspecified atom stereocenters. The maximum absolute atomic E-state index is 13.1. The van der Waals surface area contributed by atoms with Crippen LogP contribution in [0, 0.1) is 0 Å². The Balaban J connectivity index is 1.50. The number of carbonyl (C=O) groups is 3. The van der Waals surface area contributed by atoms with Gasteiger partial charge in [0.05, 0.1) is 19.1 Å². The van der Waals surface area contributed by atoms with Crippen LogP contribution in [0.2, 0.25) is 0 Å². The van der Waals surface area contributed by atoms with E-state index in [2.05, 4.69) is 27.8 Å². The van der Waals surface area contributed by atoms with Crippen molar-refractivity contribution in [2.45, 2.75) is 13.0 Å². The number of hydrogen-bond donors (Lipinski definition) is 1. The predicted octanol–water partition coefficient (Wildman–Crippen LogP) is 6.45. The highest BCUT2D eigenvalue weighted by Crippen LogP contribution is 2.37. The molecule has 0 aliphatic carbocycles. The molecule has 0 saturated carbocycles. The maximum atomic E-state index is 13.1. The zero-order valence-electron chi connectivity index (χ0n) is 21.9. The van der Waals surface area contributed by atoms with Gasteiger partial charge in [0.2, 0.25) is 5.91 Å². The molecule has 40 heavy (non-hydrogen) atoms. The van der Waals surface area contributed by atoms with E-state index in [0.29, 0.717) is 41.5 Å². The van der Waals surface area contributed by atoms with Gasteiger partial charge in [0.1, 0.15) is 18.9 Å². The number of ether oxygens (including phenoxy) is 3. The van der Waals surface area contributed by atoms with Crippen LogP contribution in [0.4, 0.5) is 10.5 Å². The van der Waals surface area contributed by atoms with E-state index in [1.54, 1.807) is 56.7 Å². The average molecular weight is 624 g/mol. The van der Waals surface area contributed by atoms with E-state index < -0.39 is 23.6 Å². The normalized spacial score (nSPS) is 13.9. The first kappa shape index (κ1) is 29.0. The van der Waals surface area contributed by atoms with E-state index in [9.17, 15) is 14.4 Å². The molecule has 1 saturated heterocycles. The van der Waals surface area contributed by atoms with E-state index in [1.165, 1.54) is 0 Å². The molecule has 0 spiro atoms. The quantitative estimate of drug-likeness (QED) is 0.194. The van der Waals surface area contributed by atoms with Crippen molar-refractivity contribution in [3.63, 3.8) is 0 Å². The van der Waals surface area contributed by atoms with Crippen molar-refractivity contribution in [2.24, 2.45) is 0 Å². The van der Waals surface area contributed by atoms with E-state index in [1.807, 2.05) is 30.3 Å². The molecule has 1 fully saturated rings. The van der Waals surface area contributed by atoms with Crippen LogP contribution in [0.25, 0.3) is 6.08 Å². The van der Waals surface area contributed by atoms with Crippen LogP contribution >= 0.6 is 27.7 Å². The van der Waals surface area contributed by atoms with Crippen LogP contribution in [0.15, 0.2) is 82.7 Å². The van der Waals surface area contributed by atoms with Crippen LogP contribution in [-0.4, -0.2) is 42.7 Å². The van der Waals surface area contributed by atoms with Crippen molar-refractivity contribution in [1.29, 1.82) is 0 Å². The lowest BCUT2D eigenvalue weighted by atomic mass is 10.0. The fraction of sp³-hybridized carbons (Fsp3) is 0.167. The van der Waals surface area contributed by atoms with Crippen molar-refractivity contribution < 1.29 is 28.6 Å². The Labute approximate surface area is 245 Å². The van der Waals surface area contributed by atoms with Crippen LogP contribution in [0.5, 0.6) is 17.2 Å². The van der Waals surface area contributed by atoms with Gasteiger partial charge in [-0.15, -0.1) is 6.58 Å². The summed E-state index contributed by atoms with van der Waals surface area (Å²) in [5.41, 5.74) is 2.98. The molecule has 8 nitrogen and oxygen atoms in total. The van der Waals surface area contributed by atoms with Gasteiger partial charge in [0.15, 0.2) is 11.5 Å². The van der Waals surface area contributed by atoms with Crippen molar-refractivity contribution in [2.75, 3.05) is 26.1 Å². The molecule has 0 radical (unpaired) electrons. The third-order valence-electron chi connectivity index (χ3n) is 5.88. The molecule has 0 bridgehead atoms. The standard InChI is InChI=1S/C30H27BrN2O6S/c1-4-5-21-14-20(15-25(38-3)28(21)39-18-19-6-8-22(31)9-7-19)16-26-29(35)33(30(36)40-26)17-27(34)32-23-10-12-24(37-2)13-11-23/h4,6-16H,1,5,17-18H2,2-3H3,(H,32,34)/b26-16-. The topological polar surface area (TPSA) is 94.2 Å². The largest absolute Gasteiger partial charge is 0.497 e. The third kappa shape index (κ3) is 7.13. The molecule has 3 aromatic carbocycles. The zero-order chi connectivity index (χ0) is 28.6. The second-order valence-electron chi connectivity index (χ2n) is 8.66. The van der Waals surface area contributed by atoms with Crippen LogP contribution in [0.3, 0.4) is 0 Å². The lowest BCUT2D eigenvalue weighted by molar-refractivity contribution is -0.127. The summed E-state index contributed by atoms with van der Waals surface area (Å²) in [6.07, 6.45) is 3.86. The predicted molar refractivity (Wildman–Crippen MR) is 160 cm³/mol. The number of imide groups is 1. The van der Waals surface area contributed by atoms with Crippen molar-refractivity contribution in [3.05, 3.63) is 99.4 Å². The molecule has 206 valence electrons. The molecule has 0 atom stereocenters. The molecular formula is C30H27BrN2O6S. The molecule has 0 aromatic heterocycles. The Morgan fingerprint density at radius 1 is 1.05 bits per heavy atom. The maximum Gasteiger partial charge on any atom is 0.294 e.